The third kappa shape index (κ3) is 3.50. The van der Waals surface area contributed by atoms with Gasteiger partial charge in [-0.1, -0.05) is 0 Å². The van der Waals surface area contributed by atoms with Gasteiger partial charge < -0.3 is 11.5 Å². The molecule has 1 rings (SSSR count). The average molecular weight is 198 g/mol. The molecule has 3 unspecified atom stereocenters. The molecule has 0 heterocycles. The number of hydrogen-bond acceptors (Lipinski definition) is 3. The number of alkyl halides is 3. The normalized spacial score (nSPS) is 36.2. The van der Waals surface area contributed by atoms with Crippen LogP contribution >= 0.6 is 0 Å². The van der Waals surface area contributed by atoms with Gasteiger partial charge in [-0.05, 0) is 19.3 Å². The number of hydrogen-bond donors (Lipinski definition) is 2. The smallest absolute Gasteiger partial charge is 0.328 e. The Bertz CT molecular complexity index is 174. The number of rotatable bonds is 1. The van der Waals surface area contributed by atoms with Gasteiger partial charge in [-0.15, -0.1) is 13.2 Å². The molecule has 13 heavy (non-hydrogen) atoms. The van der Waals surface area contributed by atoms with Crippen LogP contribution < -0.4 is 11.5 Å². The third-order valence-corrected chi connectivity index (χ3v) is 2.16. The summed E-state index contributed by atoms with van der Waals surface area (Å²) in [6.07, 6.45) is -4.32. The van der Waals surface area contributed by atoms with E-state index < -0.39 is 18.5 Å². The SMILES string of the molecule is NC1CCC(OC(F)(F)F)C(N)C1. The van der Waals surface area contributed by atoms with Crippen molar-refractivity contribution in [2.24, 2.45) is 11.5 Å². The van der Waals surface area contributed by atoms with E-state index in [1.807, 2.05) is 0 Å². The Morgan fingerprint density at radius 2 is 1.77 bits per heavy atom. The molecule has 1 fully saturated rings. The molecule has 3 atom stereocenters. The molecule has 0 bridgehead atoms. The summed E-state index contributed by atoms with van der Waals surface area (Å²) in [5.41, 5.74) is 11.0. The summed E-state index contributed by atoms with van der Waals surface area (Å²) in [5, 5.41) is 0. The maximum absolute atomic E-state index is 11.8. The second kappa shape index (κ2) is 3.81. The first-order valence-electron chi connectivity index (χ1n) is 4.14. The fourth-order valence-corrected chi connectivity index (χ4v) is 1.53. The molecule has 6 heteroatoms. The van der Waals surface area contributed by atoms with Crippen LogP contribution in [-0.2, 0) is 4.74 Å². The minimum Gasteiger partial charge on any atom is -0.328 e. The van der Waals surface area contributed by atoms with Crippen LogP contribution in [0.5, 0.6) is 0 Å². The Morgan fingerprint density at radius 3 is 2.23 bits per heavy atom. The van der Waals surface area contributed by atoms with Crippen LogP contribution in [0.3, 0.4) is 0 Å². The molecule has 3 nitrogen and oxygen atoms in total. The van der Waals surface area contributed by atoms with Gasteiger partial charge in [0.05, 0.1) is 6.10 Å². The van der Waals surface area contributed by atoms with E-state index in [1.165, 1.54) is 0 Å². The zero-order valence-corrected chi connectivity index (χ0v) is 7.05. The first-order chi connectivity index (χ1) is 5.88. The fraction of sp³-hybridized carbons (Fsp3) is 1.00. The van der Waals surface area contributed by atoms with Crippen molar-refractivity contribution in [3.05, 3.63) is 0 Å². The highest BCUT2D eigenvalue weighted by atomic mass is 19.4. The van der Waals surface area contributed by atoms with Crippen molar-refractivity contribution in [3.63, 3.8) is 0 Å². The standard InChI is InChI=1S/C7H13F3N2O/c8-7(9,10)13-6-2-1-4(11)3-5(6)12/h4-6H,1-3,11-12H2. The average Bonchev–Trinajstić information content (AvgIpc) is 1.93. The highest BCUT2D eigenvalue weighted by molar-refractivity contribution is 4.85. The van der Waals surface area contributed by atoms with E-state index in [4.69, 9.17) is 11.5 Å². The van der Waals surface area contributed by atoms with Crippen molar-refractivity contribution < 1.29 is 17.9 Å². The summed E-state index contributed by atoms with van der Waals surface area (Å²) >= 11 is 0. The van der Waals surface area contributed by atoms with Gasteiger partial charge in [0, 0.05) is 12.1 Å². The first-order valence-corrected chi connectivity index (χ1v) is 4.14. The van der Waals surface area contributed by atoms with Gasteiger partial charge in [-0.3, -0.25) is 4.74 Å². The van der Waals surface area contributed by atoms with E-state index in [0.29, 0.717) is 12.8 Å². The highest BCUT2D eigenvalue weighted by Crippen LogP contribution is 2.26. The summed E-state index contributed by atoms with van der Waals surface area (Å²) < 4.78 is 39.3. The van der Waals surface area contributed by atoms with Crippen LogP contribution in [0, 0.1) is 0 Å². The molecule has 4 N–H and O–H groups in total. The molecule has 0 aromatic rings. The largest absolute Gasteiger partial charge is 0.522 e. The van der Waals surface area contributed by atoms with Crippen molar-refractivity contribution in [1.29, 1.82) is 0 Å². The summed E-state index contributed by atoms with van der Waals surface area (Å²) in [6, 6.07) is -0.701. The van der Waals surface area contributed by atoms with Gasteiger partial charge in [0.1, 0.15) is 0 Å². The summed E-state index contributed by atoms with van der Waals surface area (Å²) in [5.74, 6) is 0. The number of ether oxygens (including phenoxy) is 1. The Morgan fingerprint density at radius 1 is 1.15 bits per heavy atom. The first kappa shape index (κ1) is 10.7. The summed E-state index contributed by atoms with van der Waals surface area (Å²) in [4.78, 5) is 0. The zero-order chi connectivity index (χ0) is 10.1. The van der Waals surface area contributed by atoms with Gasteiger partial charge >= 0.3 is 6.36 Å². The van der Waals surface area contributed by atoms with E-state index in [-0.39, 0.29) is 12.5 Å². The van der Waals surface area contributed by atoms with Crippen LogP contribution in [0.2, 0.25) is 0 Å². The summed E-state index contributed by atoms with van der Waals surface area (Å²) in [6.45, 7) is 0. The molecule has 0 saturated heterocycles. The van der Waals surface area contributed by atoms with Crippen molar-refractivity contribution in [2.75, 3.05) is 0 Å². The second-order valence-electron chi connectivity index (χ2n) is 3.34. The van der Waals surface area contributed by atoms with Crippen molar-refractivity contribution >= 4 is 0 Å². The topological polar surface area (TPSA) is 61.3 Å². The van der Waals surface area contributed by atoms with Gasteiger partial charge in [0.2, 0.25) is 0 Å². The molecule has 0 aromatic heterocycles. The zero-order valence-electron chi connectivity index (χ0n) is 7.05. The van der Waals surface area contributed by atoms with E-state index in [0.717, 1.165) is 0 Å². The van der Waals surface area contributed by atoms with Crippen LogP contribution in [0.15, 0.2) is 0 Å². The lowest BCUT2D eigenvalue weighted by Crippen LogP contribution is -2.48. The van der Waals surface area contributed by atoms with Crippen LogP contribution in [-0.4, -0.2) is 24.6 Å². The monoisotopic (exact) mass is 198 g/mol. The fourth-order valence-electron chi connectivity index (χ4n) is 1.53. The minimum atomic E-state index is -4.59. The third-order valence-electron chi connectivity index (χ3n) is 2.16. The summed E-state index contributed by atoms with van der Waals surface area (Å²) in [7, 11) is 0. The lowest BCUT2D eigenvalue weighted by molar-refractivity contribution is -0.347. The van der Waals surface area contributed by atoms with Crippen molar-refractivity contribution in [1.82, 2.24) is 0 Å². The van der Waals surface area contributed by atoms with Gasteiger partial charge in [0.15, 0.2) is 0 Å². The molecular formula is C7H13F3N2O. The maximum Gasteiger partial charge on any atom is 0.522 e. The Labute approximate surface area is 74.2 Å². The molecule has 0 amide bonds. The van der Waals surface area contributed by atoms with E-state index >= 15 is 0 Å². The molecule has 0 aromatic carbocycles. The predicted octanol–water partition coefficient (Wildman–Crippen LogP) is 0.730. The molecule has 1 aliphatic carbocycles. The van der Waals surface area contributed by atoms with Gasteiger partial charge in [0.25, 0.3) is 0 Å². The minimum absolute atomic E-state index is 0.0944. The Balaban J connectivity index is 2.43. The van der Waals surface area contributed by atoms with E-state index in [1.54, 1.807) is 0 Å². The quantitative estimate of drug-likeness (QED) is 0.653. The molecule has 0 aliphatic heterocycles. The van der Waals surface area contributed by atoms with Gasteiger partial charge in [-0.25, -0.2) is 0 Å². The second-order valence-corrected chi connectivity index (χ2v) is 3.34. The maximum atomic E-state index is 11.8. The number of nitrogens with two attached hydrogens (primary N) is 2. The van der Waals surface area contributed by atoms with E-state index in [9.17, 15) is 13.2 Å². The number of halogens is 3. The molecule has 0 spiro atoms. The predicted molar refractivity (Wildman–Crippen MR) is 40.7 cm³/mol. The molecular weight excluding hydrogens is 185 g/mol. The van der Waals surface area contributed by atoms with Crippen molar-refractivity contribution in [2.45, 2.75) is 43.8 Å². The van der Waals surface area contributed by atoms with Crippen LogP contribution in [0.4, 0.5) is 13.2 Å². The van der Waals surface area contributed by atoms with E-state index in [2.05, 4.69) is 4.74 Å². The van der Waals surface area contributed by atoms with Crippen LogP contribution in [0.1, 0.15) is 19.3 Å². The lowest BCUT2D eigenvalue weighted by atomic mass is 9.90. The van der Waals surface area contributed by atoms with Gasteiger partial charge in [-0.2, -0.15) is 0 Å². The highest BCUT2D eigenvalue weighted by Gasteiger charge is 2.38. The molecule has 0 radical (unpaired) electrons. The molecule has 1 aliphatic rings. The Kier molecular flexibility index (Phi) is 3.15. The molecule has 1 saturated carbocycles. The lowest BCUT2D eigenvalue weighted by Gasteiger charge is -2.32. The van der Waals surface area contributed by atoms with Crippen molar-refractivity contribution in [3.8, 4) is 0 Å². The Hall–Kier alpha value is -0.330. The van der Waals surface area contributed by atoms with Crippen LogP contribution in [0.25, 0.3) is 0 Å². The molecule has 78 valence electrons.